The van der Waals surface area contributed by atoms with Gasteiger partial charge in [0, 0.05) is 6.54 Å². The van der Waals surface area contributed by atoms with Gasteiger partial charge in [0.2, 0.25) is 0 Å². The van der Waals surface area contributed by atoms with Crippen LogP contribution in [0.25, 0.3) is 0 Å². The highest BCUT2D eigenvalue weighted by molar-refractivity contribution is 7.10. The van der Waals surface area contributed by atoms with Crippen LogP contribution in [-0.4, -0.2) is 34.3 Å². The van der Waals surface area contributed by atoms with Gasteiger partial charge in [-0.15, -0.1) is 0 Å². The smallest absolute Gasteiger partial charge is 0.315 e. The average molecular weight is 225 g/mol. The van der Waals surface area contributed by atoms with Crippen LogP contribution in [0.15, 0.2) is 6.07 Å². The van der Waals surface area contributed by atoms with Crippen molar-refractivity contribution in [3.8, 4) is 0 Å². The quantitative estimate of drug-likeness (QED) is 0.711. The summed E-state index contributed by atoms with van der Waals surface area (Å²) >= 11 is 1.17. The van der Waals surface area contributed by atoms with Gasteiger partial charge in [0.25, 0.3) is 5.91 Å². The van der Waals surface area contributed by atoms with Crippen molar-refractivity contribution in [3.05, 3.63) is 11.8 Å². The number of imide groups is 1. The Morgan fingerprint density at radius 1 is 1.53 bits per heavy atom. The van der Waals surface area contributed by atoms with Gasteiger partial charge in [0.1, 0.15) is 11.5 Å². The third kappa shape index (κ3) is 1.61. The summed E-state index contributed by atoms with van der Waals surface area (Å²) in [7, 11) is 0. The van der Waals surface area contributed by atoms with Crippen LogP contribution >= 0.6 is 11.5 Å². The summed E-state index contributed by atoms with van der Waals surface area (Å²) in [6.07, 6.45) is 0. The van der Waals surface area contributed by atoms with E-state index in [4.69, 9.17) is 0 Å². The summed E-state index contributed by atoms with van der Waals surface area (Å²) in [5, 5.41) is 0.610. The zero-order chi connectivity index (χ0) is 11.0. The minimum Gasteiger partial charge on any atom is -0.315 e. The number of amides is 3. The van der Waals surface area contributed by atoms with Crippen LogP contribution in [0.5, 0.6) is 0 Å². The molecular weight excluding hydrogens is 214 g/mol. The third-order valence-electron chi connectivity index (χ3n) is 2.25. The van der Waals surface area contributed by atoms with Crippen molar-refractivity contribution in [2.45, 2.75) is 13.8 Å². The fourth-order valence-corrected chi connectivity index (χ4v) is 2.24. The van der Waals surface area contributed by atoms with E-state index in [2.05, 4.69) is 4.37 Å². The van der Waals surface area contributed by atoms with Crippen molar-refractivity contribution < 1.29 is 9.59 Å². The predicted octanol–water partition coefficient (Wildman–Crippen LogP) is 1.24. The number of likely N-dealkylation sites (N-methyl/N-ethyl adjacent to an activating group) is 1. The minimum absolute atomic E-state index is 0.173. The molecule has 6 heteroatoms. The van der Waals surface area contributed by atoms with Crippen molar-refractivity contribution >= 4 is 28.5 Å². The van der Waals surface area contributed by atoms with E-state index >= 15 is 0 Å². The molecule has 0 spiro atoms. The van der Waals surface area contributed by atoms with Crippen LogP contribution in [-0.2, 0) is 4.79 Å². The van der Waals surface area contributed by atoms with Crippen LogP contribution in [0.2, 0.25) is 0 Å². The molecule has 0 N–H and O–H groups in total. The zero-order valence-corrected chi connectivity index (χ0v) is 9.37. The minimum atomic E-state index is -0.244. The highest BCUT2D eigenvalue weighted by Gasteiger charge is 2.37. The number of aryl methyl sites for hydroxylation is 1. The molecule has 5 nitrogen and oxygen atoms in total. The highest BCUT2D eigenvalue weighted by Crippen LogP contribution is 2.25. The van der Waals surface area contributed by atoms with Crippen LogP contribution in [0.4, 0.5) is 9.80 Å². The second-order valence-corrected chi connectivity index (χ2v) is 4.12. The van der Waals surface area contributed by atoms with E-state index in [0.29, 0.717) is 11.5 Å². The van der Waals surface area contributed by atoms with Crippen molar-refractivity contribution in [2.24, 2.45) is 0 Å². The molecular formula is C9H11N3O2S. The van der Waals surface area contributed by atoms with Gasteiger partial charge in [-0.3, -0.25) is 4.79 Å². The van der Waals surface area contributed by atoms with E-state index < -0.39 is 0 Å². The van der Waals surface area contributed by atoms with Crippen molar-refractivity contribution in [3.63, 3.8) is 0 Å². The Labute approximate surface area is 91.5 Å². The number of hydrogen-bond donors (Lipinski definition) is 0. The Bertz CT molecular complexity index is 415. The number of nitrogens with zero attached hydrogens (tertiary/aromatic N) is 3. The topological polar surface area (TPSA) is 53.5 Å². The molecule has 2 heterocycles. The molecule has 1 saturated heterocycles. The van der Waals surface area contributed by atoms with Crippen molar-refractivity contribution in [1.82, 2.24) is 9.27 Å². The van der Waals surface area contributed by atoms with Crippen molar-refractivity contribution in [1.29, 1.82) is 0 Å². The first-order valence-electron chi connectivity index (χ1n) is 4.68. The molecule has 2 rings (SSSR count). The van der Waals surface area contributed by atoms with Crippen molar-refractivity contribution in [2.75, 3.05) is 18.0 Å². The lowest BCUT2D eigenvalue weighted by Gasteiger charge is -2.12. The Morgan fingerprint density at radius 2 is 2.27 bits per heavy atom. The number of hydrogen-bond acceptors (Lipinski definition) is 4. The van der Waals surface area contributed by atoms with E-state index in [1.54, 1.807) is 6.07 Å². The molecule has 0 aromatic carbocycles. The fraction of sp³-hybridized carbons (Fsp3) is 0.444. The molecule has 0 bridgehead atoms. The summed E-state index contributed by atoms with van der Waals surface area (Å²) < 4.78 is 4.06. The summed E-state index contributed by atoms with van der Waals surface area (Å²) in [5.41, 5.74) is 0.825. The van der Waals surface area contributed by atoms with Gasteiger partial charge in [0.15, 0.2) is 0 Å². The zero-order valence-electron chi connectivity index (χ0n) is 8.56. The van der Waals surface area contributed by atoms with E-state index in [9.17, 15) is 9.59 Å². The second kappa shape index (κ2) is 3.62. The molecule has 15 heavy (non-hydrogen) atoms. The molecule has 1 aliphatic heterocycles. The molecule has 80 valence electrons. The molecule has 1 aliphatic rings. The Kier molecular flexibility index (Phi) is 2.44. The Morgan fingerprint density at radius 3 is 2.73 bits per heavy atom. The van der Waals surface area contributed by atoms with Crippen LogP contribution in [0.3, 0.4) is 0 Å². The van der Waals surface area contributed by atoms with Gasteiger partial charge in [-0.2, -0.15) is 4.37 Å². The van der Waals surface area contributed by atoms with Crippen LogP contribution < -0.4 is 4.90 Å². The second-order valence-electron chi connectivity index (χ2n) is 3.33. The predicted molar refractivity (Wildman–Crippen MR) is 57.0 cm³/mol. The van der Waals surface area contributed by atoms with E-state index in [0.717, 1.165) is 5.69 Å². The van der Waals surface area contributed by atoms with E-state index in [1.165, 1.54) is 21.3 Å². The number of carbonyl (C=O) groups excluding carboxylic acids is 2. The molecule has 0 unspecified atom stereocenters. The van der Waals surface area contributed by atoms with Crippen LogP contribution in [0, 0.1) is 6.92 Å². The molecule has 0 radical (unpaired) electrons. The number of anilines is 1. The van der Waals surface area contributed by atoms with Gasteiger partial charge < -0.3 is 4.90 Å². The molecule has 0 saturated carbocycles. The first-order valence-corrected chi connectivity index (χ1v) is 5.46. The molecule has 0 aliphatic carbocycles. The molecule has 0 atom stereocenters. The summed E-state index contributed by atoms with van der Waals surface area (Å²) in [4.78, 5) is 26.1. The fourth-order valence-electron chi connectivity index (χ4n) is 1.47. The number of rotatable bonds is 2. The third-order valence-corrected chi connectivity index (χ3v) is 3.12. The Balaban J connectivity index is 2.30. The van der Waals surface area contributed by atoms with Gasteiger partial charge >= 0.3 is 6.03 Å². The lowest BCUT2D eigenvalue weighted by atomic mass is 10.4. The summed E-state index contributed by atoms with van der Waals surface area (Å²) in [5.74, 6) is -0.175. The molecule has 1 fully saturated rings. The Hall–Kier alpha value is -1.43. The van der Waals surface area contributed by atoms with Gasteiger partial charge in [-0.05, 0) is 31.4 Å². The summed E-state index contributed by atoms with van der Waals surface area (Å²) in [6, 6.07) is 1.51. The first kappa shape index (κ1) is 10.1. The maximum atomic E-state index is 11.8. The van der Waals surface area contributed by atoms with Gasteiger partial charge in [0.05, 0.1) is 5.69 Å². The molecule has 1 aromatic heterocycles. The van der Waals surface area contributed by atoms with E-state index in [1.807, 2.05) is 13.8 Å². The monoisotopic (exact) mass is 225 g/mol. The van der Waals surface area contributed by atoms with Crippen LogP contribution in [0.1, 0.15) is 12.6 Å². The molecule has 3 amide bonds. The highest BCUT2D eigenvalue weighted by atomic mass is 32.1. The summed E-state index contributed by atoms with van der Waals surface area (Å²) in [6.45, 7) is 4.42. The standard InChI is InChI=1S/C9H11N3O2S/c1-3-11-5-7(13)12(9(11)14)8-4-6(2)10-15-8/h4H,3,5H2,1-2H3. The average Bonchev–Trinajstić information content (AvgIpc) is 2.71. The van der Waals surface area contributed by atoms with Gasteiger partial charge in [-0.25, -0.2) is 9.69 Å². The number of urea groups is 1. The maximum absolute atomic E-state index is 11.8. The number of carbonyl (C=O) groups is 2. The number of aromatic nitrogens is 1. The van der Waals surface area contributed by atoms with E-state index in [-0.39, 0.29) is 18.5 Å². The lowest BCUT2D eigenvalue weighted by molar-refractivity contribution is -0.116. The molecule has 1 aromatic rings. The first-order chi connectivity index (χ1) is 7.13. The SMILES string of the molecule is CCN1CC(=O)N(c2cc(C)ns2)C1=O. The maximum Gasteiger partial charge on any atom is 0.332 e. The normalized spacial score (nSPS) is 16.7. The lowest BCUT2D eigenvalue weighted by Crippen LogP contribution is -2.32. The van der Waals surface area contributed by atoms with Gasteiger partial charge in [-0.1, -0.05) is 0 Å². The largest absolute Gasteiger partial charge is 0.332 e.